The van der Waals surface area contributed by atoms with Gasteiger partial charge in [-0.15, -0.1) is 0 Å². The van der Waals surface area contributed by atoms with Gasteiger partial charge in [0, 0.05) is 29.8 Å². The van der Waals surface area contributed by atoms with Crippen LogP contribution in [0.3, 0.4) is 0 Å². The molecule has 3 heterocycles. The molecular formula is C29H39ClN4O4. The van der Waals surface area contributed by atoms with Crippen LogP contribution in [0.5, 0.6) is 0 Å². The third-order valence-electron chi connectivity index (χ3n) is 8.60. The van der Waals surface area contributed by atoms with E-state index >= 15 is 0 Å². The van der Waals surface area contributed by atoms with E-state index in [1.165, 1.54) is 6.42 Å². The minimum Gasteiger partial charge on any atom is -0.359 e. The summed E-state index contributed by atoms with van der Waals surface area (Å²) in [6, 6.07) is 6.20. The topological polar surface area (TPSA) is 91.0 Å². The molecule has 8 nitrogen and oxygen atoms in total. The molecule has 38 heavy (non-hydrogen) atoms. The van der Waals surface area contributed by atoms with Gasteiger partial charge in [-0.2, -0.15) is 0 Å². The van der Waals surface area contributed by atoms with Gasteiger partial charge in [0.05, 0.1) is 17.9 Å². The molecule has 3 aliphatic heterocycles. The molecule has 9 heteroatoms. The Bertz CT molecular complexity index is 1070. The fraction of sp³-hybridized carbons (Fsp3) is 0.621. The van der Waals surface area contributed by atoms with Crippen LogP contribution in [0.1, 0.15) is 51.9 Å². The Kier molecular flexibility index (Phi) is 8.12. The zero-order valence-electron chi connectivity index (χ0n) is 22.3. The van der Waals surface area contributed by atoms with E-state index in [1.54, 1.807) is 29.2 Å². The van der Waals surface area contributed by atoms with E-state index in [2.05, 4.69) is 22.5 Å². The molecule has 3 fully saturated rings. The van der Waals surface area contributed by atoms with E-state index in [9.17, 15) is 14.4 Å². The van der Waals surface area contributed by atoms with Crippen LogP contribution < -0.4 is 10.6 Å². The Labute approximate surface area is 230 Å². The number of amides is 3. The number of carbonyl (C=O) groups excluding carboxylic acids is 3. The van der Waals surface area contributed by atoms with Crippen LogP contribution in [0.4, 0.5) is 5.69 Å². The number of anilines is 1. The first kappa shape index (κ1) is 27.2. The highest BCUT2D eigenvalue weighted by Gasteiger charge is 2.72. The molecule has 0 aromatic heterocycles. The van der Waals surface area contributed by atoms with Crippen molar-refractivity contribution >= 4 is 35.0 Å². The molecule has 1 saturated carbocycles. The first-order valence-corrected chi connectivity index (χ1v) is 14.4. The van der Waals surface area contributed by atoms with Crippen molar-refractivity contribution in [1.29, 1.82) is 0 Å². The molecule has 5 atom stereocenters. The van der Waals surface area contributed by atoms with E-state index < -0.39 is 29.6 Å². The van der Waals surface area contributed by atoms with Gasteiger partial charge in [-0.1, -0.05) is 56.4 Å². The van der Waals surface area contributed by atoms with Gasteiger partial charge in [-0.05, 0) is 57.1 Å². The van der Waals surface area contributed by atoms with Gasteiger partial charge in [-0.25, -0.2) is 0 Å². The van der Waals surface area contributed by atoms with Crippen LogP contribution in [0, 0.1) is 11.8 Å². The smallest absolute Gasteiger partial charge is 0.246 e. The Morgan fingerprint density at radius 3 is 2.58 bits per heavy atom. The van der Waals surface area contributed by atoms with Crippen molar-refractivity contribution in [2.24, 2.45) is 11.8 Å². The van der Waals surface area contributed by atoms with Gasteiger partial charge >= 0.3 is 0 Å². The Balaban J connectivity index is 1.39. The highest BCUT2D eigenvalue weighted by Crippen LogP contribution is 2.55. The number of rotatable bonds is 10. The molecule has 0 radical (unpaired) electrons. The fourth-order valence-electron chi connectivity index (χ4n) is 6.61. The molecule has 1 aliphatic carbocycles. The van der Waals surface area contributed by atoms with E-state index in [-0.39, 0.29) is 23.8 Å². The van der Waals surface area contributed by atoms with Crippen LogP contribution in [-0.2, 0) is 19.1 Å². The third kappa shape index (κ3) is 5.10. The van der Waals surface area contributed by atoms with Crippen molar-refractivity contribution in [1.82, 2.24) is 15.1 Å². The first-order valence-electron chi connectivity index (χ1n) is 14.1. The monoisotopic (exact) mass is 542 g/mol. The number of hydrogen-bond donors (Lipinski definition) is 2. The van der Waals surface area contributed by atoms with E-state index in [4.69, 9.17) is 16.3 Å². The van der Waals surface area contributed by atoms with Gasteiger partial charge in [0.1, 0.15) is 11.6 Å². The summed E-state index contributed by atoms with van der Waals surface area (Å²) in [4.78, 5) is 45.3. The lowest BCUT2D eigenvalue weighted by atomic mass is 9.74. The predicted molar refractivity (Wildman–Crippen MR) is 147 cm³/mol. The molecule has 206 valence electrons. The standard InChI is InChI=1S/C29H39ClN4O4/c1-3-4-16-33(2)17-18-34-25(27(36)32-20-8-6-5-7-9-20)29-15-14-22(38-29)23(24(29)28(34)37)26(35)31-21-12-10-19(30)11-13-21/h10-15,20,22-25H,3-9,16-18H2,1-2H3,(H,31,35)(H,32,36)/t22-,23-,24-,25-,29-/m0/s1. The molecule has 2 saturated heterocycles. The summed E-state index contributed by atoms with van der Waals surface area (Å²) in [6.45, 7) is 4.14. The second-order valence-electron chi connectivity index (χ2n) is 11.2. The van der Waals surface area contributed by atoms with Crippen molar-refractivity contribution in [3.05, 3.63) is 41.4 Å². The summed E-state index contributed by atoms with van der Waals surface area (Å²) < 4.78 is 6.44. The van der Waals surface area contributed by atoms with Crippen molar-refractivity contribution in [2.45, 2.75) is 75.7 Å². The number of benzene rings is 1. The summed E-state index contributed by atoms with van der Waals surface area (Å²) >= 11 is 6.00. The maximum absolute atomic E-state index is 14.0. The first-order chi connectivity index (χ1) is 18.3. The summed E-state index contributed by atoms with van der Waals surface area (Å²) in [5.74, 6) is -2.09. The Morgan fingerprint density at radius 2 is 1.87 bits per heavy atom. The number of likely N-dealkylation sites (tertiary alicyclic amines) is 1. The van der Waals surface area contributed by atoms with Gasteiger partial charge in [-0.3, -0.25) is 14.4 Å². The molecule has 2 bridgehead atoms. The average Bonchev–Trinajstić information content (AvgIpc) is 3.55. The lowest BCUT2D eigenvalue weighted by Gasteiger charge is -2.34. The highest BCUT2D eigenvalue weighted by molar-refractivity contribution is 6.30. The quantitative estimate of drug-likeness (QED) is 0.441. The zero-order chi connectivity index (χ0) is 26.9. The number of fused-ring (bicyclic) bond motifs is 1. The van der Waals surface area contributed by atoms with E-state index in [1.807, 2.05) is 19.2 Å². The van der Waals surface area contributed by atoms with Gasteiger partial charge in [0.2, 0.25) is 17.7 Å². The second kappa shape index (κ2) is 11.4. The molecule has 0 unspecified atom stereocenters. The number of unbranched alkanes of at least 4 members (excludes halogenated alkanes) is 1. The maximum Gasteiger partial charge on any atom is 0.246 e. The fourth-order valence-corrected chi connectivity index (χ4v) is 6.74. The summed E-state index contributed by atoms with van der Waals surface area (Å²) in [5.41, 5.74) is -0.531. The number of halogens is 1. The molecule has 5 rings (SSSR count). The third-order valence-corrected chi connectivity index (χ3v) is 8.86. The van der Waals surface area contributed by atoms with Crippen LogP contribution in [0.2, 0.25) is 5.02 Å². The van der Waals surface area contributed by atoms with Gasteiger partial charge in [0.15, 0.2) is 0 Å². The Hall–Kier alpha value is -2.42. The number of likely N-dealkylation sites (N-methyl/N-ethyl adjacent to an activating group) is 1. The van der Waals surface area contributed by atoms with Crippen LogP contribution >= 0.6 is 11.6 Å². The zero-order valence-corrected chi connectivity index (χ0v) is 23.1. The number of carbonyl (C=O) groups is 3. The predicted octanol–water partition coefficient (Wildman–Crippen LogP) is 3.61. The maximum atomic E-state index is 14.0. The average molecular weight is 543 g/mol. The van der Waals surface area contributed by atoms with Crippen molar-refractivity contribution in [3.63, 3.8) is 0 Å². The second-order valence-corrected chi connectivity index (χ2v) is 11.7. The number of ether oxygens (including phenoxy) is 1. The van der Waals surface area contributed by atoms with Crippen molar-refractivity contribution < 1.29 is 19.1 Å². The van der Waals surface area contributed by atoms with Crippen LogP contribution in [0.15, 0.2) is 36.4 Å². The molecule has 2 N–H and O–H groups in total. The van der Waals surface area contributed by atoms with Crippen molar-refractivity contribution in [3.8, 4) is 0 Å². The number of hydrogen-bond acceptors (Lipinski definition) is 5. The summed E-state index contributed by atoms with van der Waals surface area (Å²) in [5, 5.41) is 6.75. The lowest BCUT2D eigenvalue weighted by Crippen LogP contribution is -2.57. The molecule has 3 amide bonds. The van der Waals surface area contributed by atoms with Crippen molar-refractivity contribution in [2.75, 3.05) is 32.0 Å². The minimum atomic E-state index is -1.13. The Morgan fingerprint density at radius 1 is 1.13 bits per heavy atom. The lowest BCUT2D eigenvalue weighted by molar-refractivity contribution is -0.141. The molecule has 1 spiro atoms. The van der Waals surface area contributed by atoms with Crippen LogP contribution in [0.25, 0.3) is 0 Å². The van der Waals surface area contributed by atoms with E-state index in [0.717, 1.165) is 45.1 Å². The van der Waals surface area contributed by atoms with E-state index in [0.29, 0.717) is 23.8 Å². The van der Waals surface area contributed by atoms with Gasteiger partial charge in [0.25, 0.3) is 0 Å². The molecular weight excluding hydrogens is 504 g/mol. The SMILES string of the molecule is CCCCN(C)CCN1C(=O)[C@@H]2[C@@H](C(=O)Nc3ccc(Cl)cc3)[C@@H]3C=C[C@@]2(O3)[C@@H]1C(=O)NC1CCCCC1. The minimum absolute atomic E-state index is 0.113. The molecule has 1 aromatic rings. The summed E-state index contributed by atoms with van der Waals surface area (Å²) in [7, 11) is 2.04. The largest absolute Gasteiger partial charge is 0.359 e. The van der Waals surface area contributed by atoms with Crippen LogP contribution in [-0.4, -0.2) is 78.0 Å². The molecule has 4 aliphatic rings. The summed E-state index contributed by atoms with van der Waals surface area (Å²) in [6.07, 6.45) is 10.6. The highest BCUT2D eigenvalue weighted by atomic mass is 35.5. The normalized spacial score (nSPS) is 30.2. The van der Waals surface area contributed by atoms with Gasteiger partial charge < -0.3 is 25.2 Å². The number of nitrogens with zero attached hydrogens (tertiary/aromatic N) is 2. The molecule has 1 aromatic carbocycles. The number of nitrogens with one attached hydrogen (secondary N) is 2.